The zero-order chi connectivity index (χ0) is 10.8. The number of anilines is 1. The van der Waals surface area contributed by atoms with Gasteiger partial charge >= 0.3 is 6.36 Å². The lowest BCUT2D eigenvalue weighted by molar-refractivity contribution is -0.275. The molecule has 7 heteroatoms. The summed E-state index contributed by atoms with van der Waals surface area (Å²) < 4.78 is 39.0. The van der Waals surface area contributed by atoms with Crippen LogP contribution in [-0.4, -0.2) is 11.3 Å². The minimum atomic E-state index is -4.80. The number of aromatic nitrogens is 1. The normalized spacial score (nSPS) is 11.4. The molecule has 0 bridgehead atoms. The molecule has 0 aliphatic rings. The van der Waals surface area contributed by atoms with Crippen molar-refractivity contribution in [3.8, 4) is 5.88 Å². The number of ether oxygens (including phenoxy) is 1. The van der Waals surface area contributed by atoms with Crippen molar-refractivity contribution in [1.82, 2.24) is 4.98 Å². The number of nitrogen functional groups attached to an aromatic ring is 1. The molecule has 0 spiro atoms. The second kappa shape index (κ2) is 3.70. The van der Waals surface area contributed by atoms with E-state index < -0.39 is 12.2 Å². The average molecular weight is 207 g/mol. The van der Waals surface area contributed by atoms with Crippen molar-refractivity contribution in [2.45, 2.75) is 12.9 Å². The zero-order valence-electron chi connectivity index (χ0n) is 7.01. The highest BCUT2D eigenvalue weighted by molar-refractivity contribution is 5.48. The fourth-order valence-electron chi connectivity index (χ4n) is 0.795. The summed E-state index contributed by atoms with van der Waals surface area (Å²) in [5, 5.41) is 0. The summed E-state index contributed by atoms with van der Waals surface area (Å²) in [5.74, 6) is -0.666. The molecule has 14 heavy (non-hydrogen) atoms. The van der Waals surface area contributed by atoms with Gasteiger partial charge in [0.1, 0.15) is 0 Å². The Hall–Kier alpha value is -1.50. The topological polar surface area (TPSA) is 74.2 Å². The first-order valence-corrected chi connectivity index (χ1v) is 3.63. The first kappa shape index (κ1) is 10.6. The summed E-state index contributed by atoms with van der Waals surface area (Å²) in [4.78, 5) is 3.48. The minimum absolute atomic E-state index is 0.0223. The van der Waals surface area contributed by atoms with E-state index in [2.05, 4.69) is 9.72 Å². The number of hydrogen-bond donors (Lipinski definition) is 2. The highest BCUT2D eigenvalue weighted by Gasteiger charge is 2.32. The van der Waals surface area contributed by atoms with Gasteiger partial charge in [0.15, 0.2) is 0 Å². The third kappa shape index (κ3) is 2.77. The summed E-state index contributed by atoms with van der Waals surface area (Å²) >= 11 is 0. The van der Waals surface area contributed by atoms with Gasteiger partial charge in [0.2, 0.25) is 5.88 Å². The van der Waals surface area contributed by atoms with Crippen molar-refractivity contribution in [1.29, 1.82) is 0 Å². The zero-order valence-corrected chi connectivity index (χ0v) is 7.01. The number of pyridine rings is 1. The predicted octanol–water partition coefficient (Wildman–Crippen LogP) is 1.02. The van der Waals surface area contributed by atoms with E-state index in [0.717, 1.165) is 0 Å². The van der Waals surface area contributed by atoms with Gasteiger partial charge in [0.05, 0.1) is 11.4 Å². The van der Waals surface area contributed by atoms with Gasteiger partial charge in [-0.05, 0) is 12.1 Å². The van der Waals surface area contributed by atoms with Crippen LogP contribution in [-0.2, 0) is 6.54 Å². The van der Waals surface area contributed by atoms with Gasteiger partial charge in [-0.3, -0.25) is 0 Å². The maximum absolute atomic E-state index is 11.8. The van der Waals surface area contributed by atoms with Gasteiger partial charge in [0.25, 0.3) is 0 Å². The molecular formula is C7H8F3N3O. The lowest BCUT2D eigenvalue weighted by Crippen LogP contribution is -2.19. The molecule has 0 fully saturated rings. The van der Waals surface area contributed by atoms with Gasteiger partial charge in [-0.2, -0.15) is 0 Å². The van der Waals surface area contributed by atoms with E-state index in [4.69, 9.17) is 11.5 Å². The summed E-state index contributed by atoms with van der Waals surface area (Å²) in [7, 11) is 0. The highest BCUT2D eigenvalue weighted by Crippen LogP contribution is 2.26. The molecule has 1 aromatic heterocycles. The number of alkyl halides is 3. The van der Waals surface area contributed by atoms with Crippen LogP contribution >= 0.6 is 0 Å². The minimum Gasteiger partial charge on any atom is -0.394 e. The van der Waals surface area contributed by atoms with Gasteiger partial charge in [-0.1, -0.05) is 0 Å². The fraction of sp³-hybridized carbons (Fsp3) is 0.286. The smallest absolute Gasteiger partial charge is 0.394 e. The van der Waals surface area contributed by atoms with Crippen LogP contribution in [0.5, 0.6) is 5.88 Å². The van der Waals surface area contributed by atoms with Crippen LogP contribution in [0.4, 0.5) is 18.9 Å². The van der Waals surface area contributed by atoms with Crippen molar-refractivity contribution >= 4 is 5.69 Å². The van der Waals surface area contributed by atoms with Crippen LogP contribution in [0.2, 0.25) is 0 Å². The quantitative estimate of drug-likeness (QED) is 0.759. The van der Waals surface area contributed by atoms with E-state index in [1.54, 1.807) is 0 Å². The Balaban J connectivity index is 2.95. The third-order valence-corrected chi connectivity index (χ3v) is 1.37. The van der Waals surface area contributed by atoms with Crippen molar-refractivity contribution < 1.29 is 17.9 Å². The molecule has 0 aliphatic heterocycles. The molecule has 0 unspecified atom stereocenters. The first-order chi connectivity index (χ1) is 6.42. The molecule has 0 saturated carbocycles. The number of halogens is 3. The predicted molar refractivity (Wildman–Crippen MR) is 43.2 cm³/mol. The molecule has 1 rings (SSSR count). The number of rotatable bonds is 2. The molecule has 78 valence electrons. The van der Waals surface area contributed by atoms with E-state index in [-0.39, 0.29) is 17.9 Å². The standard InChI is InChI=1S/C7H8F3N3O/c8-7(9,10)14-6-5(12)2-1-4(3-11)13-6/h1-2H,3,11-12H2. The summed E-state index contributed by atoms with van der Waals surface area (Å²) in [6, 6.07) is 2.69. The van der Waals surface area contributed by atoms with Crippen molar-refractivity contribution in [3.05, 3.63) is 17.8 Å². The van der Waals surface area contributed by atoms with Crippen LogP contribution in [0.3, 0.4) is 0 Å². The first-order valence-electron chi connectivity index (χ1n) is 3.63. The summed E-state index contributed by atoms with van der Waals surface area (Å²) in [6.07, 6.45) is -4.80. The van der Waals surface area contributed by atoms with E-state index in [1.807, 2.05) is 0 Å². The second-order valence-electron chi connectivity index (χ2n) is 2.45. The van der Waals surface area contributed by atoms with Gasteiger partial charge in [-0.15, -0.1) is 13.2 Å². The maximum Gasteiger partial charge on any atom is 0.574 e. The van der Waals surface area contributed by atoms with E-state index >= 15 is 0 Å². The van der Waals surface area contributed by atoms with Crippen molar-refractivity contribution in [2.75, 3.05) is 5.73 Å². The lowest BCUT2D eigenvalue weighted by Gasteiger charge is -2.10. The van der Waals surface area contributed by atoms with Crippen LogP contribution in [0.1, 0.15) is 5.69 Å². The molecule has 1 heterocycles. The van der Waals surface area contributed by atoms with Crippen LogP contribution in [0, 0.1) is 0 Å². The van der Waals surface area contributed by atoms with Crippen LogP contribution < -0.4 is 16.2 Å². The number of nitrogens with two attached hydrogens (primary N) is 2. The van der Waals surface area contributed by atoms with E-state index in [0.29, 0.717) is 0 Å². The average Bonchev–Trinajstić information content (AvgIpc) is 2.06. The van der Waals surface area contributed by atoms with Crippen molar-refractivity contribution in [2.24, 2.45) is 5.73 Å². The lowest BCUT2D eigenvalue weighted by atomic mass is 10.3. The Labute approximate surface area is 77.7 Å². The third-order valence-electron chi connectivity index (χ3n) is 1.37. The maximum atomic E-state index is 11.8. The second-order valence-corrected chi connectivity index (χ2v) is 2.45. The monoisotopic (exact) mass is 207 g/mol. The van der Waals surface area contributed by atoms with Crippen molar-refractivity contribution in [3.63, 3.8) is 0 Å². The number of nitrogens with zero attached hydrogens (tertiary/aromatic N) is 1. The van der Waals surface area contributed by atoms with Crippen LogP contribution in [0.25, 0.3) is 0 Å². The van der Waals surface area contributed by atoms with E-state index in [1.165, 1.54) is 12.1 Å². The van der Waals surface area contributed by atoms with E-state index in [9.17, 15) is 13.2 Å². The molecule has 0 atom stereocenters. The molecule has 0 aromatic carbocycles. The SMILES string of the molecule is NCc1ccc(N)c(OC(F)(F)F)n1. The van der Waals surface area contributed by atoms with Gasteiger partial charge in [-0.25, -0.2) is 4.98 Å². The van der Waals surface area contributed by atoms with Crippen LogP contribution in [0.15, 0.2) is 12.1 Å². The molecule has 0 radical (unpaired) electrons. The Morgan fingerprint density at radius 1 is 1.36 bits per heavy atom. The summed E-state index contributed by atoms with van der Waals surface area (Å²) in [5.41, 5.74) is 10.5. The number of hydrogen-bond acceptors (Lipinski definition) is 4. The largest absolute Gasteiger partial charge is 0.574 e. The Kier molecular flexibility index (Phi) is 2.80. The highest BCUT2D eigenvalue weighted by atomic mass is 19.4. The Morgan fingerprint density at radius 3 is 2.50 bits per heavy atom. The summed E-state index contributed by atoms with van der Waals surface area (Å²) in [6.45, 7) is 0.0223. The van der Waals surface area contributed by atoms with Gasteiger partial charge < -0.3 is 16.2 Å². The molecule has 0 aliphatic carbocycles. The Bertz CT molecular complexity index is 326. The molecule has 0 amide bonds. The fourth-order valence-corrected chi connectivity index (χ4v) is 0.795. The molecule has 0 saturated heterocycles. The molecule has 4 N–H and O–H groups in total. The molecule has 4 nitrogen and oxygen atoms in total. The molecule has 1 aromatic rings. The molecular weight excluding hydrogens is 199 g/mol. The van der Waals surface area contributed by atoms with Gasteiger partial charge in [0, 0.05) is 6.54 Å². The Morgan fingerprint density at radius 2 is 2.00 bits per heavy atom.